The van der Waals surface area contributed by atoms with E-state index in [9.17, 15) is 4.79 Å². The number of aromatic nitrogens is 1. The van der Waals surface area contributed by atoms with Gasteiger partial charge in [0.1, 0.15) is 17.3 Å². The van der Waals surface area contributed by atoms with Crippen molar-refractivity contribution in [3.63, 3.8) is 0 Å². The van der Waals surface area contributed by atoms with Crippen LogP contribution in [0.15, 0.2) is 47.2 Å². The predicted octanol–water partition coefficient (Wildman–Crippen LogP) is 3.65. The maximum Gasteiger partial charge on any atom is 0.271 e. The van der Waals surface area contributed by atoms with Crippen molar-refractivity contribution < 1.29 is 14.3 Å². The summed E-state index contributed by atoms with van der Waals surface area (Å²) in [5, 5.41) is 7.36. The van der Waals surface area contributed by atoms with Gasteiger partial charge in [0.25, 0.3) is 5.91 Å². The third-order valence-corrected chi connectivity index (χ3v) is 5.36. The number of thiophene rings is 1. The summed E-state index contributed by atoms with van der Waals surface area (Å²) in [7, 11) is 0. The fourth-order valence-electron chi connectivity index (χ4n) is 2.35. The van der Waals surface area contributed by atoms with Gasteiger partial charge in [0.15, 0.2) is 17.6 Å². The van der Waals surface area contributed by atoms with Crippen LogP contribution in [0, 0.1) is 0 Å². The zero-order valence-corrected chi connectivity index (χ0v) is 14.2. The van der Waals surface area contributed by atoms with Crippen LogP contribution in [-0.4, -0.2) is 17.5 Å². The van der Waals surface area contributed by atoms with Crippen molar-refractivity contribution in [2.24, 2.45) is 0 Å². The summed E-state index contributed by atoms with van der Waals surface area (Å²) in [4.78, 5) is 17.7. The minimum Gasteiger partial charge on any atom is -0.485 e. The molecule has 0 aliphatic carbocycles. The highest BCUT2D eigenvalue weighted by Gasteiger charge is 2.25. The first-order chi connectivity index (χ1) is 11.8. The van der Waals surface area contributed by atoms with E-state index in [-0.39, 0.29) is 12.0 Å². The zero-order chi connectivity index (χ0) is 16.4. The molecule has 3 aromatic rings. The number of nitrogens with zero attached hydrogens (tertiary/aromatic N) is 1. The monoisotopic (exact) mass is 358 g/mol. The van der Waals surface area contributed by atoms with Gasteiger partial charge in [-0.2, -0.15) is 0 Å². The molecule has 7 heteroatoms. The number of carbonyl (C=O) groups is 1. The molecular weight excluding hydrogens is 344 g/mol. The van der Waals surface area contributed by atoms with Gasteiger partial charge in [-0.3, -0.25) is 4.79 Å². The van der Waals surface area contributed by atoms with Crippen LogP contribution in [-0.2, 0) is 6.54 Å². The van der Waals surface area contributed by atoms with Crippen molar-refractivity contribution in [3.05, 3.63) is 62.7 Å². The summed E-state index contributed by atoms with van der Waals surface area (Å²) >= 11 is 3.02. The first-order valence-corrected chi connectivity index (χ1v) is 9.20. The van der Waals surface area contributed by atoms with Gasteiger partial charge in [0, 0.05) is 10.3 Å². The maximum atomic E-state index is 12.2. The van der Waals surface area contributed by atoms with Crippen molar-refractivity contribution in [2.45, 2.75) is 12.6 Å². The number of rotatable bonds is 4. The summed E-state index contributed by atoms with van der Waals surface area (Å²) < 4.78 is 11.6. The SMILES string of the molecule is O=C(NCc1cccs1)c1csc(C2COc3ccccc3O2)n1. The topological polar surface area (TPSA) is 60.5 Å². The zero-order valence-electron chi connectivity index (χ0n) is 12.6. The molecule has 0 spiro atoms. The summed E-state index contributed by atoms with van der Waals surface area (Å²) in [6.07, 6.45) is -0.288. The van der Waals surface area contributed by atoms with E-state index in [1.165, 1.54) is 11.3 Å². The minimum absolute atomic E-state index is 0.178. The molecule has 1 aliphatic rings. The summed E-state index contributed by atoms with van der Waals surface area (Å²) in [5.74, 6) is 1.26. The quantitative estimate of drug-likeness (QED) is 0.773. The molecule has 0 fully saturated rings. The van der Waals surface area contributed by atoms with Gasteiger partial charge < -0.3 is 14.8 Å². The molecule has 0 saturated heterocycles. The molecule has 24 heavy (non-hydrogen) atoms. The minimum atomic E-state index is -0.288. The van der Waals surface area contributed by atoms with Crippen LogP contribution in [0.3, 0.4) is 0 Å². The molecule has 0 radical (unpaired) electrons. The Hall–Kier alpha value is -2.38. The van der Waals surface area contributed by atoms with E-state index in [2.05, 4.69) is 10.3 Å². The van der Waals surface area contributed by atoms with Crippen LogP contribution < -0.4 is 14.8 Å². The number of benzene rings is 1. The average molecular weight is 358 g/mol. The second kappa shape index (κ2) is 6.62. The Morgan fingerprint density at radius 3 is 2.92 bits per heavy atom. The van der Waals surface area contributed by atoms with Gasteiger partial charge in [-0.1, -0.05) is 18.2 Å². The largest absolute Gasteiger partial charge is 0.485 e. The number of amides is 1. The molecule has 2 aromatic heterocycles. The van der Waals surface area contributed by atoms with E-state index in [0.29, 0.717) is 24.6 Å². The first kappa shape index (κ1) is 15.2. The van der Waals surface area contributed by atoms with Crippen molar-refractivity contribution >= 4 is 28.6 Å². The lowest BCUT2D eigenvalue weighted by Gasteiger charge is -2.24. The van der Waals surface area contributed by atoms with Crippen molar-refractivity contribution in [1.82, 2.24) is 10.3 Å². The molecule has 1 atom stereocenters. The van der Waals surface area contributed by atoms with Crippen molar-refractivity contribution in [2.75, 3.05) is 6.61 Å². The number of nitrogens with one attached hydrogen (secondary N) is 1. The highest BCUT2D eigenvalue weighted by molar-refractivity contribution is 7.10. The summed E-state index contributed by atoms with van der Waals surface area (Å²) in [6, 6.07) is 11.5. The van der Waals surface area contributed by atoms with Crippen LogP contribution in [0.25, 0.3) is 0 Å². The molecule has 1 unspecified atom stereocenters. The highest BCUT2D eigenvalue weighted by Crippen LogP contribution is 2.36. The number of hydrogen-bond donors (Lipinski definition) is 1. The van der Waals surface area contributed by atoms with Crippen LogP contribution in [0.5, 0.6) is 11.5 Å². The Balaban J connectivity index is 1.42. The van der Waals surface area contributed by atoms with Crippen LogP contribution in [0.4, 0.5) is 0 Å². The molecule has 5 nitrogen and oxygen atoms in total. The van der Waals surface area contributed by atoms with Crippen LogP contribution in [0.1, 0.15) is 26.5 Å². The molecule has 1 N–H and O–H groups in total. The molecule has 0 saturated carbocycles. The fraction of sp³-hybridized carbons (Fsp3) is 0.176. The standard InChI is InChI=1S/C17H14N2O3S2/c20-16(18-8-11-4-3-7-23-11)12-10-24-17(19-12)15-9-21-13-5-1-2-6-14(13)22-15/h1-7,10,15H,8-9H2,(H,18,20). The predicted molar refractivity (Wildman–Crippen MR) is 92.9 cm³/mol. The molecule has 3 heterocycles. The lowest BCUT2D eigenvalue weighted by Crippen LogP contribution is -2.24. The van der Waals surface area contributed by atoms with Gasteiger partial charge in [-0.15, -0.1) is 22.7 Å². The number of fused-ring (bicyclic) bond motifs is 1. The highest BCUT2D eigenvalue weighted by atomic mass is 32.1. The Morgan fingerprint density at radius 2 is 2.08 bits per heavy atom. The van der Waals surface area contributed by atoms with Crippen LogP contribution in [0.2, 0.25) is 0 Å². The Morgan fingerprint density at radius 1 is 1.21 bits per heavy atom. The van der Waals surface area contributed by atoms with E-state index in [1.54, 1.807) is 16.7 Å². The fourth-order valence-corrected chi connectivity index (χ4v) is 3.81. The third kappa shape index (κ3) is 3.13. The van der Waals surface area contributed by atoms with Gasteiger partial charge in [-0.25, -0.2) is 4.98 Å². The average Bonchev–Trinajstić information content (AvgIpc) is 3.31. The number of hydrogen-bond acceptors (Lipinski definition) is 6. The molecule has 122 valence electrons. The van der Waals surface area contributed by atoms with E-state index in [1.807, 2.05) is 41.8 Å². The normalized spacial score (nSPS) is 15.9. The Bertz CT molecular complexity index is 845. The first-order valence-electron chi connectivity index (χ1n) is 7.44. The van der Waals surface area contributed by atoms with Gasteiger partial charge in [0.2, 0.25) is 0 Å². The van der Waals surface area contributed by atoms with Gasteiger partial charge in [-0.05, 0) is 23.6 Å². The molecule has 1 aromatic carbocycles. The van der Waals surface area contributed by atoms with E-state index in [0.717, 1.165) is 15.6 Å². The lowest BCUT2D eigenvalue weighted by atomic mass is 10.2. The number of thiazole rings is 1. The molecule has 0 bridgehead atoms. The van der Waals surface area contributed by atoms with Gasteiger partial charge in [0.05, 0.1) is 6.54 Å². The number of para-hydroxylation sites is 2. The second-order valence-electron chi connectivity index (χ2n) is 5.20. The Kier molecular flexibility index (Phi) is 4.18. The second-order valence-corrected chi connectivity index (χ2v) is 7.12. The van der Waals surface area contributed by atoms with E-state index >= 15 is 0 Å². The Labute approximate surface area is 146 Å². The molecule has 1 amide bonds. The molecule has 1 aliphatic heterocycles. The third-order valence-electron chi connectivity index (χ3n) is 3.54. The summed E-state index contributed by atoms with van der Waals surface area (Å²) in [6.45, 7) is 0.903. The van der Waals surface area contributed by atoms with E-state index < -0.39 is 0 Å². The smallest absolute Gasteiger partial charge is 0.271 e. The molecule has 4 rings (SSSR count). The van der Waals surface area contributed by atoms with E-state index in [4.69, 9.17) is 9.47 Å². The van der Waals surface area contributed by atoms with Crippen molar-refractivity contribution in [1.29, 1.82) is 0 Å². The maximum absolute atomic E-state index is 12.2. The number of ether oxygens (including phenoxy) is 2. The number of carbonyl (C=O) groups excluding carboxylic acids is 1. The summed E-state index contributed by atoms with van der Waals surface area (Å²) in [5.41, 5.74) is 0.411. The lowest BCUT2D eigenvalue weighted by molar-refractivity contribution is 0.0898. The molecular formula is C17H14N2O3S2. The van der Waals surface area contributed by atoms with Crippen molar-refractivity contribution in [3.8, 4) is 11.5 Å². The van der Waals surface area contributed by atoms with Crippen LogP contribution >= 0.6 is 22.7 Å². The van der Waals surface area contributed by atoms with Gasteiger partial charge >= 0.3 is 0 Å².